The van der Waals surface area contributed by atoms with Gasteiger partial charge in [0.2, 0.25) is 0 Å². The summed E-state index contributed by atoms with van der Waals surface area (Å²) in [6, 6.07) is 12.7. The number of hydrogen-bond donors (Lipinski definition) is 3. The lowest BCUT2D eigenvalue weighted by atomic mass is 10.2. The van der Waals surface area contributed by atoms with Crippen LogP contribution in [0.1, 0.15) is 12.5 Å². The molecule has 2 amide bonds. The number of carbonyl (C=O) groups is 1. The minimum atomic E-state index is -0.610. The second-order valence-corrected chi connectivity index (χ2v) is 5.07. The standard InChI is InChI=1S/C17H19FN2O3/c1-12(10-21)19-17(22)20-16-14(18)8-5-9-15(16)23-11-13-6-3-2-4-7-13/h2-9,12,21H,10-11H2,1H3,(H2,19,20,22)/t12-/m0/s1. The normalized spacial score (nSPS) is 11.6. The Hall–Kier alpha value is -2.60. The molecule has 0 fully saturated rings. The van der Waals surface area contributed by atoms with Crippen LogP contribution < -0.4 is 15.4 Å². The third-order valence-electron chi connectivity index (χ3n) is 3.10. The van der Waals surface area contributed by atoms with E-state index in [-0.39, 0.29) is 24.7 Å². The van der Waals surface area contributed by atoms with Crippen LogP contribution in [-0.4, -0.2) is 23.8 Å². The minimum Gasteiger partial charge on any atom is -0.487 e. The predicted octanol–water partition coefficient (Wildman–Crippen LogP) is 2.91. The number of carbonyl (C=O) groups excluding carboxylic acids is 1. The SMILES string of the molecule is C[C@@H](CO)NC(=O)Nc1c(F)cccc1OCc1ccccc1. The Morgan fingerprint density at radius 3 is 2.65 bits per heavy atom. The van der Waals surface area contributed by atoms with Crippen LogP contribution in [0.15, 0.2) is 48.5 Å². The fourth-order valence-corrected chi connectivity index (χ4v) is 1.90. The third-order valence-corrected chi connectivity index (χ3v) is 3.10. The number of para-hydroxylation sites is 1. The van der Waals surface area contributed by atoms with Crippen molar-refractivity contribution in [1.82, 2.24) is 5.32 Å². The lowest BCUT2D eigenvalue weighted by Crippen LogP contribution is -2.38. The van der Waals surface area contributed by atoms with Gasteiger partial charge in [0.05, 0.1) is 12.6 Å². The molecule has 0 radical (unpaired) electrons. The summed E-state index contributed by atoms with van der Waals surface area (Å²) in [5.41, 5.74) is 0.895. The molecule has 0 aliphatic carbocycles. The van der Waals surface area contributed by atoms with Crippen molar-refractivity contribution >= 4 is 11.7 Å². The fourth-order valence-electron chi connectivity index (χ4n) is 1.90. The summed E-state index contributed by atoms with van der Waals surface area (Å²) in [6.45, 7) is 1.68. The van der Waals surface area contributed by atoms with E-state index < -0.39 is 17.9 Å². The average Bonchev–Trinajstić information content (AvgIpc) is 2.56. The summed E-state index contributed by atoms with van der Waals surface area (Å²) in [5, 5.41) is 13.8. The summed E-state index contributed by atoms with van der Waals surface area (Å²) in [6.07, 6.45) is 0. The van der Waals surface area contributed by atoms with E-state index in [1.807, 2.05) is 30.3 Å². The fraction of sp³-hybridized carbons (Fsp3) is 0.235. The second kappa shape index (κ2) is 8.14. The number of aliphatic hydroxyl groups is 1. The number of hydrogen-bond acceptors (Lipinski definition) is 3. The largest absolute Gasteiger partial charge is 0.487 e. The molecule has 0 heterocycles. The molecule has 122 valence electrons. The first-order valence-corrected chi connectivity index (χ1v) is 7.23. The number of halogens is 1. The molecule has 0 aliphatic rings. The molecule has 3 N–H and O–H groups in total. The van der Waals surface area contributed by atoms with Crippen LogP contribution in [0.3, 0.4) is 0 Å². The molecular weight excluding hydrogens is 299 g/mol. The van der Waals surface area contributed by atoms with Gasteiger partial charge in [0.15, 0.2) is 5.82 Å². The second-order valence-electron chi connectivity index (χ2n) is 5.07. The first kappa shape index (κ1) is 16.8. The van der Waals surface area contributed by atoms with Crippen molar-refractivity contribution in [2.45, 2.75) is 19.6 Å². The number of anilines is 1. The van der Waals surface area contributed by atoms with Crippen molar-refractivity contribution in [3.05, 3.63) is 59.9 Å². The number of amides is 2. The van der Waals surface area contributed by atoms with Gasteiger partial charge < -0.3 is 20.5 Å². The number of rotatable bonds is 6. The van der Waals surface area contributed by atoms with Gasteiger partial charge in [-0.1, -0.05) is 36.4 Å². The molecule has 23 heavy (non-hydrogen) atoms. The third kappa shape index (κ3) is 4.96. The van der Waals surface area contributed by atoms with Crippen molar-refractivity contribution in [1.29, 1.82) is 0 Å². The van der Waals surface area contributed by atoms with Gasteiger partial charge in [-0.3, -0.25) is 0 Å². The molecular formula is C17H19FN2O3. The predicted molar refractivity (Wildman–Crippen MR) is 85.9 cm³/mol. The van der Waals surface area contributed by atoms with Crippen LogP contribution in [-0.2, 0) is 6.61 Å². The van der Waals surface area contributed by atoms with Crippen molar-refractivity contribution in [3.63, 3.8) is 0 Å². The molecule has 1 atom stereocenters. The number of ether oxygens (including phenoxy) is 1. The van der Waals surface area contributed by atoms with Crippen LogP contribution in [0.5, 0.6) is 5.75 Å². The Morgan fingerprint density at radius 2 is 1.96 bits per heavy atom. The van der Waals surface area contributed by atoms with Crippen LogP contribution in [0, 0.1) is 5.82 Å². The molecule has 0 spiro atoms. The Bertz CT molecular complexity index is 650. The molecule has 2 aromatic rings. The first-order valence-electron chi connectivity index (χ1n) is 7.23. The summed E-state index contributed by atoms with van der Waals surface area (Å²) >= 11 is 0. The molecule has 5 nitrogen and oxygen atoms in total. The van der Waals surface area contributed by atoms with Gasteiger partial charge in [-0.25, -0.2) is 9.18 Å². The Kier molecular flexibility index (Phi) is 5.94. The van der Waals surface area contributed by atoms with Crippen molar-refractivity contribution < 1.29 is 19.0 Å². The molecule has 0 aromatic heterocycles. The van der Waals surface area contributed by atoms with E-state index in [1.165, 1.54) is 12.1 Å². The van der Waals surface area contributed by atoms with E-state index in [2.05, 4.69) is 10.6 Å². The van der Waals surface area contributed by atoms with Gasteiger partial charge in [0.25, 0.3) is 0 Å². The minimum absolute atomic E-state index is 0.0360. The van der Waals surface area contributed by atoms with Crippen LogP contribution in [0.25, 0.3) is 0 Å². The van der Waals surface area contributed by atoms with Gasteiger partial charge >= 0.3 is 6.03 Å². The average molecular weight is 318 g/mol. The first-order chi connectivity index (χ1) is 11.1. The monoisotopic (exact) mass is 318 g/mol. The van der Waals surface area contributed by atoms with E-state index >= 15 is 0 Å². The van der Waals surface area contributed by atoms with E-state index in [0.29, 0.717) is 0 Å². The van der Waals surface area contributed by atoms with Crippen molar-refractivity contribution in [3.8, 4) is 5.75 Å². The van der Waals surface area contributed by atoms with Crippen LogP contribution >= 0.6 is 0 Å². The zero-order valence-electron chi connectivity index (χ0n) is 12.8. The maximum Gasteiger partial charge on any atom is 0.319 e. The zero-order chi connectivity index (χ0) is 16.7. The Labute approximate surface area is 134 Å². The van der Waals surface area contributed by atoms with Gasteiger partial charge in [-0.15, -0.1) is 0 Å². The highest BCUT2D eigenvalue weighted by molar-refractivity contribution is 5.91. The number of nitrogens with one attached hydrogen (secondary N) is 2. The molecule has 0 unspecified atom stereocenters. The number of benzene rings is 2. The lowest BCUT2D eigenvalue weighted by molar-refractivity contribution is 0.229. The highest BCUT2D eigenvalue weighted by atomic mass is 19.1. The summed E-state index contributed by atoms with van der Waals surface area (Å²) in [7, 11) is 0. The molecule has 2 aromatic carbocycles. The molecule has 0 bridgehead atoms. The highest BCUT2D eigenvalue weighted by Gasteiger charge is 2.14. The molecule has 2 rings (SSSR count). The maximum atomic E-state index is 14.0. The number of aliphatic hydroxyl groups excluding tert-OH is 1. The van der Waals surface area contributed by atoms with E-state index in [9.17, 15) is 9.18 Å². The summed E-state index contributed by atoms with van der Waals surface area (Å²) in [5.74, 6) is -0.358. The van der Waals surface area contributed by atoms with Crippen molar-refractivity contribution in [2.75, 3.05) is 11.9 Å². The molecule has 0 aliphatic heterocycles. The maximum absolute atomic E-state index is 14.0. The van der Waals surface area contributed by atoms with Crippen LogP contribution in [0.4, 0.5) is 14.9 Å². The smallest absolute Gasteiger partial charge is 0.319 e. The quantitative estimate of drug-likeness (QED) is 0.767. The highest BCUT2D eigenvalue weighted by Crippen LogP contribution is 2.28. The lowest BCUT2D eigenvalue weighted by Gasteiger charge is -2.15. The summed E-state index contributed by atoms with van der Waals surface area (Å²) < 4.78 is 19.6. The van der Waals surface area contributed by atoms with E-state index in [1.54, 1.807) is 13.0 Å². The van der Waals surface area contributed by atoms with Gasteiger partial charge in [0, 0.05) is 0 Å². The number of urea groups is 1. The molecule has 6 heteroatoms. The van der Waals surface area contributed by atoms with E-state index in [4.69, 9.17) is 9.84 Å². The van der Waals surface area contributed by atoms with Gasteiger partial charge in [-0.2, -0.15) is 0 Å². The topological polar surface area (TPSA) is 70.6 Å². The zero-order valence-corrected chi connectivity index (χ0v) is 12.8. The van der Waals surface area contributed by atoms with Crippen LogP contribution in [0.2, 0.25) is 0 Å². The van der Waals surface area contributed by atoms with E-state index in [0.717, 1.165) is 5.56 Å². The van der Waals surface area contributed by atoms with Gasteiger partial charge in [-0.05, 0) is 24.6 Å². The molecule has 0 saturated heterocycles. The Balaban J connectivity index is 2.08. The summed E-state index contributed by atoms with van der Waals surface area (Å²) in [4.78, 5) is 11.8. The Morgan fingerprint density at radius 1 is 1.22 bits per heavy atom. The van der Waals surface area contributed by atoms with Crippen molar-refractivity contribution in [2.24, 2.45) is 0 Å². The molecule has 0 saturated carbocycles. The van der Waals surface area contributed by atoms with Gasteiger partial charge in [0.1, 0.15) is 18.0 Å².